The number of hydrogen-bond acceptors (Lipinski definition) is 9. The second kappa shape index (κ2) is 8.13. The van der Waals surface area contributed by atoms with Gasteiger partial charge < -0.3 is 24.4 Å². The summed E-state index contributed by atoms with van der Waals surface area (Å²) < 4.78 is 17.0. The first kappa shape index (κ1) is 25.8. The Hall–Kier alpha value is -2.26. The van der Waals surface area contributed by atoms with Gasteiger partial charge in [0.2, 0.25) is 0 Å². The number of ketones is 1. The van der Waals surface area contributed by atoms with Crippen molar-refractivity contribution >= 4 is 23.7 Å². The Kier molecular flexibility index (Phi) is 6.00. The van der Waals surface area contributed by atoms with Crippen LogP contribution in [0.1, 0.15) is 60.8 Å². The number of fused-ring (bicyclic) bond motifs is 3. The van der Waals surface area contributed by atoms with Gasteiger partial charge in [-0.15, -0.1) is 0 Å². The average Bonchev–Trinajstić information content (AvgIpc) is 2.90. The monoisotopic (exact) mass is 492 g/mol. The predicted molar refractivity (Wildman–Crippen MR) is 121 cm³/mol. The number of rotatable bonds is 3. The zero-order valence-corrected chi connectivity index (χ0v) is 21.2. The summed E-state index contributed by atoms with van der Waals surface area (Å²) in [5.74, 6) is -3.65. The van der Waals surface area contributed by atoms with Gasteiger partial charge >= 0.3 is 17.9 Å². The molecular weight excluding hydrogens is 456 g/mol. The van der Waals surface area contributed by atoms with Crippen LogP contribution in [0.4, 0.5) is 0 Å². The highest BCUT2D eigenvalue weighted by Crippen LogP contribution is 2.71. The molecule has 4 aliphatic carbocycles. The van der Waals surface area contributed by atoms with Crippen molar-refractivity contribution in [2.24, 2.45) is 34.0 Å². The van der Waals surface area contributed by atoms with Crippen LogP contribution in [0.5, 0.6) is 0 Å². The Bertz CT molecular complexity index is 985. The maximum Gasteiger partial charge on any atom is 0.303 e. The summed E-state index contributed by atoms with van der Waals surface area (Å²) in [5.41, 5.74) is -2.60. The summed E-state index contributed by atoms with van der Waals surface area (Å²) in [7, 11) is 0. The fourth-order valence-electron chi connectivity index (χ4n) is 8.71. The van der Waals surface area contributed by atoms with Gasteiger partial charge in [0.05, 0.1) is 12.2 Å². The minimum Gasteiger partial charge on any atom is -0.459 e. The lowest BCUT2D eigenvalue weighted by Crippen LogP contribution is -2.72. The fraction of sp³-hybridized carbons (Fsp3) is 0.769. The Labute approximate surface area is 205 Å². The molecule has 2 bridgehead atoms. The number of ether oxygens (including phenoxy) is 3. The minimum atomic E-state index is -1.13. The van der Waals surface area contributed by atoms with Crippen molar-refractivity contribution in [1.29, 1.82) is 0 Å². The average molecular weight is 493 g/mol. The number of carbonyl (C=O) groups excluding carboxylic acids is 4. The quantitative estimate of drug-likeness (QED) is 0.343. The second-order valence-electron chi connectivity index (χ2n) is 11.8. The highest BCUT2D eigenvalue weighted by atomic mass is 16.6. The summed E-state index contributed by atoms with van der Waals surface area (Å²) >= 11 is 0. The molecule has 4 fully saturated rings. The van der Waals surface area contributed by atoms with Crippen molar-refractivity contribution in [3.05, 3.63) is 12.2 Å². The summed E-state index contributed by atoms with van der Waals surface area (Å²) in [5, 5.41) is 22.9. The molecule has 0 unspecified atom stereocenters. The van der Waals surface area contributed by atoms with E-state index in [9.17, 15) is 29.4 Å². The number of aliphatic hydroxyl groups excluding tert-OH is 2. The molecule has 9 nitrogen and oxygen atoms in total. The third kappa shape index (κ3) is 3.56. The lowest BCUT2D eigenvalue weighted by atomic mass is 9.38. The molecule has 4 rings (SSSR count). The SMILES string of the molecule is C=C1C(=O)[C@]23C[C@H]1[C@@H](O)[C@H](OC(C)=O)[C@H]2[C@]1(C)C[C@H](OC(C)=O)[C@H](OC(C)=O)C(C)(C)[C@H]1[C@@H](O)C3. The van der Waals surface area contributed by atoms with Crippen molar-refractivity contribution < 1.29 is 43.6 Å². The molecule has 10 atom stereocenters. The van der Waals surface area contributed by atoms with Crippen molar-refractivity contribution in [3.63, 3.8) is 0 Å². The highest BCUT2D eigenvalue weighted by molar-refractivity contribution is 6.03. The van der Waals surface area contributed by atoms with Crippen molar-refractivity contribution in [2.75, 3.05) is 0 Å². The topological polar surface area (TPSA) is 136 Å². The Morgan fingerprint density at radius 1 is 0.886 bits per heavy atom. The van der Waals surface area contributed by atoms with Gasteiger partial charge in [0.15, 0.2) is 5.78 Å². The molecule has 4 aliphatic rings. The third-order valence-corrected chi connectivity index (χ3v) is 9.25. The standard InChI is InChI=1S/C26H36O9/c1-11-15-8-26(22(11)32)9-16(30)20-24(5,6)23(35-14(4)29)17(33-12(2)27)10-25(20,7)21(26)19(18(15)31)34-13(3)28/h15-21,23,30-31H,1,8-10H2,2-7H3/t15-,16+,17+,18-,19+,20-,21+,23+,25-,26+/m1/s1. The molecular formula is C26H36O9. The molecule has 9 heteroatoms. The van der Waals surface area contributed by atoms with Crippen molar-refractivity contribution in [1.82, 2.24) is 0 Å². The summed E-state index contributed by atoms with van der Waals surface area (Å²) in [6.07, 6.45) is -4.22. The zero-order chi connectivity index (χ0) is 26.2. The maximum atomic E-state index is 13.7. The maximum absolute atomic E-state index is 13.7. The van der Waals surface area contributed by atoms with Gasteiger partial charge in [-0.2, -0.15) is 0 Å². The molecule has 1 spiro atoms. The lowest BCUT2D eigenvalue weighted by molar-refractivity contribution is -0.279. The van der Waals surface area contributed by atoms with E-state index in [2.05, 4.69) is 6.58 Å². The molecule has 0 heterocycles. The van der Waals surface area contributed by atoms with Gasteiger partial charge in [-0.3, -0.25) is 19.2 Å². The molecule has 0 saturated heterocycles. The zero-order valence-electron chi connectivity index (χ0n) is 21.2. The lowest BCUT2D eigenvalue weighted by Gasteiger charge is -2.67. The van der Waals surface area contributed by atoms with Crippen LogP contribution in [0.15, 0.2) is 12.2 Å². The first-order valence-corrected chi connectivity index (χ1v) is 12.2. The molecule has 0 radical (unpaired) electrons. The van der Waals surface area contributed by atoms with E-state index in [0.717, 1.165) is 0 Å². The van der Waals surface area contributed by atoms with Gasteiger partial charge in [-0.05, 0) is 36.2 Å². The van der Waals surface area contributed by atoms with Crippen LogP contribution in [-0.2, 0) is 33.4 Å². The van der Waals surface area contributed by atoms with Gasteiger partial charge in [0.25, 0.3) is 0 Å². The molecule has 0 amide bonds. The van der Waals surface area contributed by atoms with Crippen LogP contribution in [-0.4, -0.2) is 64.4 Å². The molecule has 2 N–H and O–H groups in total. The highest BCUT2D eigenvalue weighted by Gasteiger charge is 2.76. The van der Waals surface area contributed by atoms with Gasteiger partial charge in [-0.25, -0.2) is 0 Å². The molecule has 0 aromatic carbocycles. The Balaban J connectivity index is 1.92. The van der Waals surface area contributed by atoms with E-state index < -0.39 is 82.4 Å². The summed E-state index contributed by atoms with van der Waals surface area (Å²) in [4.78, 5) is 49.9. The predicted octanol–water partition coefficient (Wildman–Crippen LogP) is 1.72. The number of carbonyl (C=O) groups is 4. The molecule has 0 aliphatic heterocycles. The van der Waals surface area contributed by atoms with E-state index in [-0.39, 0.29) is 24.2 Å². The normalized spacial score (nSPS) is 45.7. The number of Topliss-reactive ketones (excluding diaryl/α,β-unsaturated/α-hetero) is 1. The van der Waals surface area contributed by atoms with Gasteiger partial charge in [0.1, 0.15) is 18.3 Å². The molecule has 35 heavy (non-hydrogen) atoms. The minimum absolute atomic E-state index is 0.116. The molecule has 0 aromatic heterocycles. The van der Waals surface area contributed by atoms with E-state index in [1.165, 1.54) is 20.8 Å². The molecule has 4 saturated carbocycles. The van der Waals surface area contributed by atoms with Gasteiger partial charge in [-0.1, -0.05) is 27.4 Å². The van der Waals surface area contributed by atoms with E-state index in [0.29, 0.717) is 6.42 Å². The summed E-state index contributed by atoms with van der Waals surface area (Å²) in [6, 6.07) is 0. The van der Waals surface area contributed by atoms with Crippen LogP contribution in [0.3, 0.4) is 0 Å². The van der Waals surface area contributed by atoms with Crippen molar-refractivity contribution in [3.8, 4) is 0 Å². The second-order valence-corrected chi connectivity index (χ2v) is 11.8. The number of esters is 3. The van der Waals surface area contributed by atoms with E-state index >= 15 is 0 Å². The number of hydrogen-bond donors (Lipinski definition) is 2. The molecule has 194 valence electrons. The largest absolute Gasteiger partial charge is 0.459 e. The van der Waals surface area contributed by atoms with Crippen LogP contribution in [0, 0.1) is 34.0 Å². The third-order valence-electron chi connectivity index (χ3n) is 9.25. The first-order valence-electron chi connectivity index (χ1n) is 12.2. The van der Waals surface area contributed by atoms with Crippen molar-refractivity contribution in [2.45, 2.75) is 91.3 Å². The van der Waals surface area contributed by atoms with Crippen LogP contribution in [0.25, 0.3) is 0 Å². The van der Waals surface area contributed by atoms with E-state index in [1.54, 1.807) is 0 Å². The Morgan fingerprint density at radius 2 is 1.46 bits per heavy atom. The number of aliphatic hydroxyl groups is 2. The summed E-state index contributed by atoms with van der Waals surface area (Å²) in [6.45, 7) is 13.3. The van der Waals surface area contributed by atoms with Crippen LogP contribution >= 0.6 is 0 Å². The fourth-order valence-corrected chi connectivity index (χ4v) is 8.71. The first-order chi connectivity index (χ1) is 16.1. The molecule has 0 aromatic rings. The van der Waals surface area contributed by atoms with E-state index in [1.807, 2.05) is 20.8 Å². The van der Waals surface area contributed by atoms with E-state index in [4.69, 9.17) is 14.2 Å². The van der Waals surface area contributed by atoms with Gasteiger partial charge in [0, 0.05) is 43.4 Å². The van der Waals surface area contributed by atoms with Crippen LogP contribution in [0.2, 0.25) is 0 Å². The smallest absolute Gasteiger partial charge is 0.303 e. The van der Waals surface area contributed by atoms with Crippen LogP contribution < -0.4 is 0 Å². The Morgan fingerprint density at radius 3 is 2.00 bits per heavy atom.